The van der Waals surface area contributed by atoms with Crippen LogP contribution in [-0.4, -0.2) is 35.0 Å². The third-order valence-electron chi connectivity index (χ3n) is 3.76. The van der Waals surface area contributed by atoms with Gasteiger partial charge in [0.25, 0.3) is 5.91 Å². The summed E-state index contributed by atoms with van der Waals surface area (Å²) in [5.41, 5.74) is 1.24. The molecular weight excluding hydrogens is 344 g/mol. The van der Waals surface area contributed by atoms with Crippen molar-refractivity contribution >= 4 is 23.4 Å². The second-order valence-corrected chi connectivity index (χ2v) is 6.52. The highest BCUT2D eigenvalue weighted by molar-refractivity contribution is 5.97. The first-order valence-corrected chi connectivity index (χ1v) is 9.07. The molecular formula is C20H26N4O3. The van der Waals surface area contributed by atoms with Crippen molar-refractivity contribution in [3.63, 3.8) is 0 Å². The van der Waals surface area contributed by atoms with E-state index < -0.39 is 5.97 Å². The normalized spacial score (nSPS) is 10.6. The van der Waals surface area contributed by atoms with E-state index in [-0.39, 0.29) is 11.6 Å². The largest absolute Gasteiger partial charge is 0.462 e. The number of ether oxygens (including phenoxy) is 1. The third kappa shape index (κ3) is 6.06. The molecule has 2 N–H and O–H groups in total. The number of carbonyl (C=O) groups excluding carboxylic acids is 2. The summed E-state index contributed by atoms with van der Waals surface area (Å²) in [6, 6.07) is 8.56. The molecule has 0 bridgehead atoms. The van der Waals surface area contributed by atoms with Crippen LogP contribution in [0.25, 0.3) is 0 Å². The summed E-state index contributed by atoms with van der Waals surface area (Å²) in [6.07, 6.45) is 0.897. The van der Waals surface area contributed by atoms with Gasteiger partial charge >= 0.3 is 5.97 Å². The lowest BCUT2D eigenvalue weighted by molar-refractivity contribution is 0.0527. The molecule has 0 aliphatic carbocycles. The maximum absolute atomic E-state index is 12.3. The first-order chi connectivity index (χ1) is 12.9. The monoisotopic (exact) mass is 370 g/mol. The number of hydrogen-bond acceptors (Lipinski definition) is 6. The Morgan fingerprint density at radius 2 is 1.93 bits per heavy atom. The Morgan fingerprint density at radius 1 is 1.19 bits per heavy atom. The number of aryl methyl sites for hydroxylation is 1. The number of anilines is 2. The molecule has 0 unspecified atom stereocenters. The molecule has 1 amide bonds. The summed E-state index contributed by atoms with van der Waals surface area (Å²) < 4.78 is 5.08. The minimum atomic E-state index is -0.418. The van der Waals surface area contributed by atoms with Crippen molar-refractivity contribution in [2.45, 2.75) is 34.1 Å². The first kappa shape index (κ1) is 20.4. The average molecular weight is 370 g/mol. The standard InChI is InChI=1S/C20H26N4O3/c1-5-27-20(26)15-8-6-7-9-16(15)24-18-12-17(22-14(4)23-18)19(25)21-11-10-13(2)3/h6-9,12-13H,5,10-11H2,1-4H3,(H,21,25)(H,22,23,24). The van der Waals surface area contributed by atoms with Crippen LogP contribution in [0, 0.1) is 12.8 Å². The van der Waals surface area contributed by atoms with E-state index >= 15 is 0 Å². The Kier molecular flexibility index (Phi) is 7.28. The molecule has 0 saturated heterocycles. The van der Waals surface area contributed by atoms with Gasteiger partial charge in [0.15, 0.2) is 0 Å². The summed E-state index contributed by atoms with van der Waals surface area (Å²) in [4.78, 5) is 33.0. The van der Waals surface area contributed by atoms with Gasteiger partial charge in [-0.2, -0.15) is 0 Å². The number of nitrogens with zero attached hydrogens (tertiary/aromatic N) is 2. The second kappa shape index (κ2) is 9.66. The van der Waals surface area contributed by atoms with Gasteiger partial charge in [0.1, 0.15) is 17.3 Å². The number of carbonyl (C=O) groups is 2. The zero-order chi connectivity index (χ0) is 19.8. The summed E-state index contributed by atoms with van der Waals surface area (Å²) in [6.45, 7) is 8.56. The summed E-state index contributed by atoms with van der Waals surface area (Å²) in [5, 5.41) is 5.95. The lowest BCUT2D eigenvalue weighted by Crippen LogP contribution is -2.26. The quantitative estimate of drug-likeness (QED) is 0.691. The summed E-state index contributed by atoms with van der Waals surface area (Å²) in [7, 11) is 0. The molecule has 2 aromatic rings. The Labute approximate surface area is 159 Å². The molecule has 0 aliphatic heterocycles. The van der Waals surface area contributed by atoms with Gasteiger partial charge in [-0.05, 0) is 38.3 Å². The lowest BCUT2D eigenvalue weighted by atomic mass is 10.1. The number of para-hydroxylation sites is 1. The number of benzene rings is 1. The van der Waals surface area contributed by atoms with Crippen LogP contribution >= 0.6 is 0 Å². The minimum Gasteiger partial charge on any atom is -0.462 e. The molecule has 0 atom stereocenters. The van der Waals surface area contributed by atoms with Gasteiger partial charge in [-0.25, -0.2) is 14.8 Å². The van der Waals surface area contributed by atoms with E-state index in [1.54, 1.807) is 44.2 Å². The van der Waals surface area contributed by atoms with Crippen molar-refractivity contribution in [1.82, 2.24) is 15.3 Å². The van der Waals surface area contributed by atoms with E-state index in [4.69, 9.17) is 4.74 Å². The van der Waals surface area contributed by atoms with Crippen LogP contribution in [0.15, 0.2) is 30.3 Å². The van der Waals surface area contributed by atoms with E-state index in [2.05, 4.69) is 34.4 Å². The summed E-state index contributed by atoms with van der Waals surface area (Å²) >= 11 is 0. The fourth-order valence-corrected chi connectivity index (χ4v) is 2.43. The molecule has 2 rings (SSSR count). The molecule has 144 valence electrons. The maximum atomic E-state index is 12.3. The average Bonchev–Trinajstić information content (AvgIpc) is 2.61. The zero-order valence-corrected chi connectivity index (χ0v) is 16.2. The Bertz CT molecular complexity index is 806. The van der Waals surface area contributed by atoms with Crippen LogP contribution < -0.4 is 10.6 Å². The smallest absolute Gasteiger partial charge is 0.340 e. The van der Waals surface area contributed by atoms with Crippen molar-refractivity contribution in [3.05, 3.63) is 47.4 Å². The van der Waals surface area contributed by atoms with E-state index in [9.17, 15) is 9.59 Å². The molecule has 0 radical (unpaired) electrons. The maximum Gasteiger partial charge on any atom is 0.340 e. The van der Waals surface area contributed by atoms with Crippen molar-refractivity contribution < 1.29 is 14.3 Å². The van der Waals surface area contributed by atoms with E-state index in [0.717, 1.165) is 6.42 Å². The molecule has 0 fully saturated rings. The molecule has 0 saturated carbocycles. The van der Waals surface area contributed by atoms with Gasteiger partial charge in [-0.3, -0.25) is 4.79 Å². The van der Waals surface area contributed by atoms with Crippen LogP contribution in [-0.2, 0) is 4.74 Å². The Morgan fingerprint density at radius 3 is 2.63 bits per heavy atom. The van der Waals surface area contributed by atoms with Crippen LogP contribution in [0.3, 0.4) is 0 Å². The predicted octanol–water partition coefficient (Wildman–Crippen LogP) is 3.48. The molecule has 1 aromatic heterocycles. The molecule has 27 heavy (non-hydrogen) atoms. The fraction of sp³-hybridized carbons (Fsp3) is 0.400. The van der Waals surface area contributed by atoms with Gasteiger partial charge in [0.2, 0.25) is 0 Å². The molecule has 0 aliphatic rings. The van der Waals surface area contributed by atoms with E-state index in [0.29, 0.717) is 42.0 Å². The van der Waals surface area contributed by atoms with Crippen molar-refractivity contribution in [2.75, 3.05) is 18.5 Å². The topological polar surface area (TPSA) is 93.2 Å². The highest BCUT2D eigenvalue weighted by Gasteiger charge is 2.14. The van der Waals surface area contributed by atoms with Crippen LogP contribution in [0.5, 0.6) is 0 Å². The number of aromatic nitrogens is 2. The highest BCUT2D eigenvalue weighted by Crippen LogP contribution is 2.21. The minimum absolute atomic E-state index is 0.247. The fourth-order valence-electron chi connectivity index (χ4n) is 2.43. The molecule has 0 spiro atoms. The Balaban J connectivity index is 2.20. The van der Waals surface area contributed by atoms with E-state index in [1.807, 2.05) is 0 Å². The van der Waals surface area contributed by atoms with Gasteiger partial charge in [-0.1, -0.05) is 26.0 Å². The SMILES string of the molecule is CCOC(=O)c1ccccc1Nc1cc(C(=O)NCCC(C)C)nc(C)n1. The van der Waals surface area contributed by atoms with Crippen molar-refractivity contribution in [1.29, 1.82) is 0 Å². The number of esters is 1. The van der Waals surface area contributed by atoms with Crippen LogP contribution in [0.2, 0.25) is 0 Å². The molecule has 1 heterocycles. The second-order valence-electron chi connectivity index (χ2n) is 6.52. The number of nitrogens with one attached hydrogen (secondary N) is 2. The third-order valence-corrected chi connectivity index (χ3v) is 3.76. The van der Waals surface area contributed by atoms with Crippen LogP contribution in [0.4, 0.5) is 11.5 Å². The highest BCUT2D eigenvalue weighted by atomic mass is 16.5. The number of hydrogen-bond donors (Lipinski definition) is 2. The van der Waals surface area contributed by atoms with Crippen molar-refractivity contribution in [3.8, 4) is 0 Å². The van der Waals surface area contributed by atoms with Gasteiger partial charge in [-0.15, -0.1) is 0 Å². The molecule has 7 heteroatoms. The predicted molar refractivity (Wildman–Crippen MR) is 104 cm³/mol. The molecule has 7 nitrogen and oxygen atoms in total. The lowest BCUT2D eigenvalue weighted by Gasteiger charge is -2.12. The van der Waals surface area contributed by atoms with Crippen molar-refractivity contribution in [2.24, 2.45) is 5.92 Å². The van der Waals surface area contributed by atoms with Gasteiger partial charge in [0, 0.05) is 12.6 Å². The number of amides is 1. The Hall–Kier alpha value is -2.96. The van der Waals surface area contributed by atoms with Gasteiger partial charge < -0.3 is 15.4 Å². The van der Waals surface area contributed by atoms with Crippen LogP contribution in [0.1, 0.15) is 53.9 Å². The van der Waals surface area contributed by atoms with Gasteiger partial charge in [0.05, 0.1) is 17.9 Å². The van der Waals surface area contributed by atoms with E-state index in [1.165, 1.54) is 0 Å². The number of rotatable bonds is 8. The summed E-state index contributed by atoms with van der Waals surface area (Å²) in [5.74, 6) is 0.742. The zero-order valence-electron chi connectivity index (χ0n) is 16.2. The molecule has 1 aromatic carbocycles. The first-order valence-electron chi connectivity index (χ1n) is 9.07.